The average Bonchev–Trinajstić information content (AvgIpc) is 3.34. The summed E-state index contributed by atoms with van der Waals surface area (Å²) >= 11 is 0. The van der Waals surface area contributed by atoms with Crippen molar-refractivity contribution < 1.29 is 0 Å². The number of aryl methyl sites for hydroxylation is 1. The molecule has 0 saturated heterocycles. The van der Waals surface area contributed by atoms with E-state index in [4.69, 9.17) is 0 Å². The first-order chi connectivity index (χ1) is 19.3. The lowest BCUT2D eigenvalue weighted by Crippen LogP contribution is -2.74. The minimum Gasteiger partial charge on any atom is -0.309 e. The van der Waals surface area contributed by atoms with Gasteiger partial charge >= 0.3 is 0 Å². The maximum Gasteiger partial charge on any atom is 0.179 e. The lowest BCUT2D eigenvalue weighted by molar-refractivity contribution is 1.18. The van der Waals surface area contributed by atoms with Gasteiger partial charge in [0.25, 0.3) is 0 Å². The minimum absolute atomic E-state index is 1.18. The Hall–Kier alpha value is -4.66. The zero-order valence-electron chi connectivity index (χ0n) is 22.0. The second kappa shape index (κ2) is 9.58. The Morgan fingerprint density at radius 1 is 0.410 bits per heavy atom. The predicted octanol–water partition coefficient (Wildman–Crippen LogP) is 6.47. The van der Waals surface area contributed by atoms with Crippen LogP contribution in [0.5, 0.6) is 0 Å². The molecular weight excluding hydrogens is 487 g/mol. The van der Waals surface area contributed by atoms with Crippen molar-refractivity contribution in [1.82, 2.24) is 4.57 Å². The topological polar surface area (TPSA) is 4.93 Å². The Balaban J connectivity index is 1.63. The lowest BCUT2D eigenvalue weighted by Gasteiger charge is -2.34. The largest absolute Gasteiger partial charge is 0.309 e. The number of rotatable bonds is 5. The summed E-state index contributed by atoms with van der Waals surface area (Å²) < 4.78 is 2.43. The third-order valence-corrected chi connectivity index (χ3v) is 12.8. The van der Waals surface area contributed by atoms with Gasteiger partial charge < -0.3 is 4.57 Å². The van der Waals surface area contributed by atoms with E-state index in [1.54, 1.807) is 0 Å². The van der Waals surface area contributed by atoms with Crippen molar-refractivity contribution in [3.8, 4) is 5.69 Å². The van der Waals surface area contributed by atoms with Gasteiger partial charge in [0, 0.05) is 16.5 Å². The van der Waals surface area contributed by atoms with Gasteiger partial charge in [0.2, 0.25) is 0 Å². The molecule has 0 atom stereocenters. The number of fused-ring (bicyclic) bond motifs is 3. The van der Waals surface area contributed by atoms with E-state index < -0.39 is 8.07 Å². The van der Waals surface area contributed by atoms with Crippen LogP contribution in [0.1, 0.15) is 5.56 Å². The smallest absolute Gasteiger partial charge is 0.179 e. The Bertz CT molecular complexity index is 1850. The van der Waals surface area contributed by atoms with Gasteiger partial charge in [-0.05, 0) is 51.9 Å². The Morgan fingerprint density at radius 3 is 1.54 bits per heavy atom. The molecule has 39 heavy (non-hydrogen) atoms. The molecule has 0 saturated carbocycles. The van der Waals surface area contributed by atoms with Crippen molar-refractivity contribution in [3.63, 3.8) is 0 Å². The van der Waals surface area contributed by atoms with E-state index in [0.29, 0.717) is 0 Å². The molecule has 0 aliphatic heterocycles. The first kappa shape index (κ1) is 23.5. The van der Waals surface area contributed by atoms with E-state index in [0.717, 1.165) is 0 Å². The van der Waals surface area contributed by atoms with Gasteiger partial charge in [-0.1, -0.05) is 139 Å². The van der Waals surface area contributed by atoms with Crippen LogP contribution in [0.15, 0.2) is 158 Å². The molecule has 0 unspecified atom stereocenters. The van der Waals surface area contributed by atoms with Gasteiger partial charge in [-0.2, -0.15) is 0 Å². The predicted molar refractivity (Wildman–Crippen MR) is 169 cm³/mol. The van der Waals surface area contributed by atoms with Crippen LogP contribution in [-0.4, -0.2) is 12.6 Å². The number of hydrogen-bond donors (Lipinski definition) is 0. The van der Waals surface area contributed by atoms with Crippen molar-refractivity contribution >= 4 is 50.6 Å². The molecule has 0 amide bonds. The summed E-state index contributed by atoms with van der Waals surface area (Å²) in [6, 6.07) is 58.3. The lowest BCUT2D eigenvalue weighted by atomic mass is 10.1. The number of hydrogen-bond acceptors (Lipinski definition) is 0. The SMILES string of the molecule is Cc1ccc([Si](c2ccccc2)(c2ccccc2)c2ccc3c4ccccc4n(-c4ccccc4)c3c2)cc1. The molecule has 0 fully saturated rings. The summed E-state index contributed by atoms with van der Waals surface area (Å²) in [6.45, 7) is 2.17. The van der Waals surface area contributed by atoms with E-state index in [9.17, 15) is 0 Å². The van der Waals surface area contributed by atoms with Crippen LogP contribution in [0.25, 0.3) is 27.5 Å². The number of nitrogens with zero attached hydrogens (tertiary/aromatic N) is 1. The van der Waals surface area contributed by atoms with Gasteiger partial charge in [0.05, 0.1) is 11.0 Å². The molecule has 0 radical (unpaired) electrons. The van der Waals surface area contributed by atoms with Crippen LogP contribution in [-0.2, 0) is 0 Å². The first-order valence-electron chi connectivity index (χ1n) is 13.5. The third kappa shape index (κ3) is 3.76. The molecule has 1 heterocycles. The van der Waals surface area contributed by atoms with Crippen molar-refractivity contribution in [1.29, 1.82) is 0 Å². The maximum atomic E-state index is 2.48. The summed E-state index contributed by atoms with van der Waals surface area (Å²) in [5.41, 5.74) is 4.94. The zero-order chi connectivity index (χ0) is 26.2. The second-order valence-corrected chi connectivity index (χ2v) is 14.1. The van der Waals surface area contributed by atoms with Gasteiger partial charge in [0.1, 0.15) is 0 Å². The molecule has 0 aliphatic rings. The van der Waals surface area contributed by atoms with Gasteiger partial charge in [0.15, 0.2) is 8.07 Å². The molecule has 2 heteroatoms. The molecular formula is C37H29NSi. The monoisotopic (exact) mass is 515 g/mol. The van der Waals surface area contributed by atoms with Crippen molar-refractivity contribution in [3.05, 3.63) is 163 Å². The highest BCUT2D eigenvalue weighted by atomic mass is 28.3. The average molecular weight is 516 g/mol. The molecule has 1 aromatic heterocycles. The van der Waals surface area contributed by atoms with Crippen LogP contribution < -0.4 is 20.7 Å². The molecule has 186 valence electrons. The Morgan fingerprint density at radius 2 is 0.897 bits per heavy atom. The van der Waals surface area contributed by atoms with Crippen LogP contribution in [0.2, 0.25) is 0 Å². The number of para-hydroxylation sites is 2. The zero-order valence-corrected chi connectivity index (χ0v) is 23.0. The molecule has 0 spiro atoms. The van der Waals surface area contributed by atoms with Crippen molar-refractivity contribution in [2.45, 2.75) is 6.92 Å². The second-order valence-electron chi connectivity index (χ2n) is 10.3. The summed E-state index contributed by atoms with van der Waals surface area (Å²) in [5.74, 6) is 0. The van der Waals surface area contributed by atoms with Crippen molar-refractivity contribution in [2.75, 3.05) is 0 Å². The fourth-order valence-electron chi connectivity index (χ4n) is 6.24. The van der Waals surface area contributed by atoms with Crippen LogP contribution >= 0.6 is 0 Å². The molecule has 7 aromatic rings. The van der Waals surface area contributed by atoms with E-state index in [1.807, 2.05) is 0 Å². The highest BCUT2D eigenvalue weighted by Gasteiger charge is 2.41. The molecule has 0 bridgehead atoms. The fraction of sp³-hybridized carbons (Fsp3) is 0.0270. The molecule has 7 rings (SSSR count). The van der Waals surface area contributed by atoms with Crippen LogP contribution in [0, 0.1) is 6.92 Å². The van der Waals surface area contributed by atoms with Crippen LogP contribution in [0.3, 0.4) is 0 Å². The normalized spacial score (nSPS) is 11.7. The van der Waals surface area contributed by atoms with Gasteiger partial charge in [-0.25, -0.2) is 0 Å². The molecule has 0 N–H and O–H groups in total. The summed E-state index contributed by atoms with van der Waals surface area (Å²) in [6.07, 6.45) is 0. The number of aromatic nitrogens is 1. The van der Waals surface area contributed by atoms with E-state index in [2.05, 4.69) is 169 Å². The molecule has 0 aliphatic carbocycles. The Labute approximate surface area is 230 Å². The van der Waals surface area contributed by atoms with Gasteiger partial charge in [-0.3, -0.25) is 0 Å². The fourth-order valence-corrected chi connectivity index (χ4v) is 11.0. The van der Waals surface area contributed by atoms with E-state index in [1.165, 1.54) is 53.8 Å². The molecule has 1 nitrogen and oxygen atoms in total. The van der Waals surface area contributed by atoms with E-state index in [-0.39, 0.29) is 0 Å². The quantitative estimate of drug-likeness (QED) is 0.183. The first-order valence-corrected chi connectivity index (χ1v) is 15.5. The molecule has 6 aromatic carbocycles. The van der Waals surface area contributed by atoms with Crippen molar-refractivity contribution in [2.24, 2.45) is 0 Å². The van der Waals surface area contributed by atoms with E-state index >= 15 is 0 Å². The summed E-state index contributed by atoms with van der Waals surface area (Å²) in [7, 11) is -2.63. The highest BCUT2D eigenvalue weighted by molar-refractivity contribution is 7.20. The summed E-state index contributed by atoms with van der Waals surface area (Å²) in [4.78, 5) is 0. The Kier molecular flexibility index (Phi) is 5.76. The third-order valence-electron chi connectivity index (χ3n) is 8.02. The summed E-state index contributed by atoms with van der Waals surface area (Å²) in [5, 5.41) is 8.13. The minimum atomic E-state index is -2.63. The maximum absolute atomic E-state index is 2.63. The number of benzene rings is 6. The highest BCUT2D eigenvalue weighted by Crippen LogP contribution is 2.31. The van der Waals surface area contributed by atoms with Crippen LogP contribution in [0.4, 0.5) is 0 Å². The standard InChI is InChI=1S/C37H29NSi/c1-28-21-23-32(24-22-28)39(30-15-7-3-8-16-30,31-17-9-4-10-18-31)33-25-26-35-34-19-11-12-20-36(34)38(37(35)27-33)29-13-5-2-6-14-29/h2-27H,1H3. The van der Waals surface area contributed by atoms with Gasteiger partial charge in [-0.15, -0.1) is 0 Å².